The zero-order valence-corrected chi connectivity index (χ0v) is 15.6. The number of amides is 1. The zero-order chi connectivity index (χ0) is 18.2. The van der Waals surface area contributed by atoms with Gasteiger partial charge in [-0.3, -0.25) is 4.79 Å². The van der Waals surface area contributed by atoms with Gasteiger partial charge in [-0.15, -0.1) is 0 Å². The molecule has 1 fully saturated rings. The van der Waals surface area contributed by atoms with Crippen molar-refractivity contribution < 1.29 is 22.7 Å². The first-order valence-corrected chi connectivity index (χ1v) is 9.97. The molecule has 2 heterocycles. The molecule has 0 bridgehead atoms. The number of methoxy groups -OCH3 is 2. The number of benzene rings is 1. The maximum absolute atomic E-state index is 12.6. The third kappa shape index (κ3) is 3.46. The van der Waals surface area contributed by atoms with Gasteiger partial charge < -0.3 is 14.4 Å². The van der Waals surface area contributed by atoms with Crippen molar-refractivity contribution in [2.75, 3.05) is 33.1 Å². The number of carbonyl (C=O) groups excluding carboxylic acids is 1. The van der Waals surface area contributed by atoms with E-state index in [1.165, 1.54) is 4.31 Å². The molecule has 2 aliphatic rings. The van der Waals surface area contributed by atoms with E-state index < -0.39 is 10.0 Å². The highest BCUT2D eigenvalue weighted by Gasteiger charge is 2.37. The molecule has 0 spiro atoms. The summed E-state index contributed by atoms with van der Waals surface area (Å²) in [7, 11) is -0.124. The predicted octanol–water partition coefficient (Wildman–Crippen LogP) is 1.01. The summed E-state index contributed by atoms with van der Waals surface area (Å²) >= 11 is 0. The SMILES string of the molecule is COc1cc2c(cc1OC)CN(C(=O)CN1C(C)CCS1(=O)=O)CC2. The van der Waals surface area contributed by atoms with Gasteiger partial charge in [0.15, 0.2) is 11.5 Å². The highest BCUT2D eigenvalue weighted by Crippen LogP contribution is 2.33. The number of sulfonamides is 1. The molecule has 0 aromatic heterocycles. The normalized spacial score (nSPS) is 22.5. The summed E-state index contributed by atoms with van der Waals surface area (Å²) in [5.74, 6) is 1.28. The number of hydrogen-bond acceptors (Lipinski definition) is 5. The quantitative estimate of drug-likeness (QED) is 0.793. The van der Waals surface area contributed by atoms with E-state index in [-0.39, 0.29) is 24.2 Å². The number of rotatable bonds is 4. The molecule has 1 aromatic carbocycles. The predicted molar refractivity (Wildman–Crippen MR) is 93.2 cm³/mol. The van der Waals surface area contributed by atoms with E-state index in [1.54, 1.807) is 19.1 Å². The third-order valence-electron chi connectivity index (χ3n) is 5.00. The van der Waals surface area contributed by atoms with Crippen LogP contribution in [0.5, 0.6) is 11.5 Å². The molecule has 1 unspecified atom stereocenters. The summed E-state index contributed by atoms with van der Waals surface area (Å²) in [6.45, 7) is 2.80. The molecule has 1 atom stereocenters. The molecule has 0 N–H and O–H groups in total. The van der Waals surface area contributed by atoms with Gasteiger partial charge >= 0.3 is 0 Å². The van der Waals surface area contributed by atoms with E-state index in [1.807, 2.05) is 19.1 Å². The largest absolute Gasteiger partial charge is 0.493 e. The fourth-order valence-corrected chi connectivity index (χ4v) is 5.27. The summed E-state index contributed by atoms with van der Waals surface area (Å²) in [4.78, 5) is 14.4. The summed E-state index contributed by atoms with van der Waals surface area (Å²) in [5.41, 5.74) is 2.14. The van der Waals surface area contributed by atoms with Crippen molar-refractivity contribution in [2.24, 2.45) is 0 Å². The Morgan fingerprint density at radius 1 is 1.20 bits per heavy atom. The number of fused-ring (bicyclic) bond motifs is 1. The highest BCUT2D eigenvalue weighted by atomic mass is 32.2. The molecule has 0 saturated carbocycles. The number of carbonyl (C=O) groups is 1. The Morgan fingerprint density at radius 2 is 1.84 bits per heavy atom. The Hall–Kier alpha value is -1.80. The second kappa shape index (κ2) is 6.84. The molecule has 8 heteroatoms. The standard InChI is InChI=1S/C17H24N2O5S/c1-12-5-7-25(21,22)19(12)11-17(20)18-6-4-13-8-15(23-2)16(24-3)9-14(13)10-18/h8-9,12H,4-7,10-11H2,1-3H3. The molecule has 1 amide bonds. The molecule has 7 nitrogen and oxygen atoms in total. The van der Waals surface area contributed by atoms with Crippen LogP contribution in [-0.4, -0.2) is 62.6 Å². The van der Waals surface area contributed by atoms with Crippen molar-refractivity contribution in [3.05, 3.63) is 23.3 Å². The van der Waals surface area contributed by atoms with Crippen LogP contribution in [-0.2, 0) is 27.8 Å². The lowest BCUT2D eigenvalue weighted by molar-refractivity contribution is -0.132. The smallest absolute Gasteiger partial charge is 0.238 e. The van der Waals surface area contributed by atoms with Crippen molar-refractivity contribution in [3.63, 3.8) is 0 Å². The molecule has 0 radical (unpaired) electrons. The topological polar surface area (TPSA) is 76.2 Å². The van der Waals surface area contributed by atoms with Crippen LogP contribution < -0.4 is 9.47 Å². The van der Waals surface area contributed by atoms with Gasteiger partial charge in [0.2, 0.25) is 15.9 Å². The van der Waals surface area contributed by atoms with Gasteiger partial charge in [-0.1, -0.05) is 0 Å². The molecular weight excluding hydrogens is 344 g/mol. The molecular formula is C17H24N2O5S. The van der Waals surface area contributed by atoms with Crippen LogP contribution >= 0.6 is 0 Å². The summed E-state index contributed by atoms with van der Waals surface area (Å²) in [5, 5.41) is 0. The van der Waals surface area contributed by atoms with E-state index in [4.69, 9.17) is 9.47 Å². The van der Waals surface area contributed by atoms with Crippen molar-refractivity contribution in [3.8, 4) is 11.5 Å². The zero-order valence-electron chi connectivity index (χ0n) is 14.8. The molecule has 1 aromatic rings. The van der Waals surface area contributed by atoms with Crippen LogP contribution in [0.4, 0.5) is 0 Å². The van der Waals surface area contributed by atoms with Crippen molar-refractivity contribution in [1.82, 2.24) is 9.21 Å². The molecule has 2 aliphatic heterocycles. The lowest BCUT2D eigenvalue weighted by Crippen LogP contribution is -2.44. The van der Waals surface area contributed by atoms with Crippen molar-refractivity contribution in [1.29, 1.82) is 0 Å². The van der Waals surface area contributed by atoms with Gasteiger partial charge in [-0.25, -0.2) is 8.42 Å². The van der Waals surface area contributed by atoms with Gasteiger partial charge in [0.25, 0.3) is 0 Å². The van der Waals surface area contributed by atoms with Crippen LogP contribution in [0.2, 0.25) is 0 Å². The average Bonchev–Trinajstić information content (AvgIpc) is 2.86. The van der Waals surface area contributed by atoms with Crippen molar-refractivity contribution in [2.45, 2.75) is 32.4 Å². The summed E-state index contributed by atoms with van der Waals surface area (Å²) < 4.78 is 36.1. The first-order chi connectivity index (χ1) is 11.9. The van der Waals surface area contributed by atoms with E-state index >= 15 is 0 Å². The molecule has 0 aliphatic carbocycles. The van der Waals surface area contributed by atoms with Crippen LogP contribution in [0, 0.1) is 0 Å². The maximum Gasteiger partial charge on any atom is 0.238 e. The fraction of sp³-hybridized carbons (Fsp3) is 0.588. The summed E-state index contributed by atoms with van der Waals surface area (Å²) in [6.07, 6.45) is 1.29. The summed E-state index contributed by atoms with van der Waals surface area (Å²) in [6, 6.07) is 3.72. The second-order valence-electron chi connectivity index (χ2n) is 6.54. The Balaban J connectivity index is 1.75. The lowest BCUT2D eigenvalue weighted by atomic mass is 9.98. The van der Waals surface area contributed by atoms with Gasteiger partial charge in [0, 0.05) is 19.1 Å². The minimum atomic E-state index is -3.30. The van der Waals surface area contributed by atoms with Gasteiger partial charge in [0.05, 0.1) is 26.5 Å². The van der Waals surface area contributed by atoms with Gasteiger partial charge in [-0.05, 0) is 43.0 Å². The maximum atomic E-state index is 12.6. The second-order valence-corrected chi connectivity index (χ2v) is 8.58. The number of hydrogen-bond donors (Lipinski definition) is 0. The first-order valence-electron chi connectivity index (χ1n) is 8.36. The highest BCUT2D eigenvalue weighted by molar-refractivity contribution is 7.89. The Bertz CT molecular complexity index is 777. The Kier molecular flexibility index (Phi) is 4.92. The molecule has 1 saturated heterocycles. The Morgan fingerprint density at radius 3 is 2.40 bits per heavy atom. The monoisotopic (exact) mass is 368 g/mol. The van der Waals surface area contributed by atoms with Crippen molar-refractivity contribution >= 4 is 15.9 Å². The van der Waals surface area contributed by atoms with E-state index in [0.717, 1.165) is 11.1 Å². The minimum absolute atomic E-state index is 0.0773. The Labute approximate surface area is 148 Å². The first kappa shape index (κ1) is 18.0. The third-order valence-corrected chi connectivity index (χ3v) is 6.96. The average molecular weight is 368 g/mol. The molecule has 138 valence electrons. The van der Waals surface area contributed by atoms with Gasteiger partial charge in [0.1, 0.15) is 0 Å². The fourth-order valence-electron chi connectivity index (χ4n) is 3.44. The van der Waals surface area contributed by atoms with E-state index in [0.29, 0.717) is 37.4 Å². The van der Waals surface area contributed by atoms with Crippen LogP contribution in [0.25, 0.3) is 0 Å². The number of ether oxygens (including phenoxy) is 2. The molecule has 3 rings (SSSR count). The van der Waals surface area contributed by atoms with Crippen LogP contribution in [0.15, 0.2) is 12.1 Å². The van der Waals surface area contributed by atoms with Gasteiger partial charge in [-0.2, -0.15) is 4.31 Å². The van der Waals surface area contributed by atoms with Crippen LogP contribution in [0.1, 0.15) is 24.5 Å². The minimum Gasteiger partial charge on any atom is -0.493 e. The van der Waals surface area contributed by atoms with E-state index in [2.05, 4.69) is 0 Å². The van der Waals surface area contributed by atoms with E-state index in [9.17, 15) is 13.2 Å². The lowest BCUT2D eigenvalue weighted by Gasteiger charge is -2.31. The van der Waals surface area contributed by atoms with Crippen LogP contribution in [0.3, 0.4) is 0 Å². The molecule has 25 heavy (non-hydrogen) atoms. The number of nitrogens with zero attached hydrogens (tertiary/aromatic N) is 2.